The zero-order valence-electron chi connectivity index (χ0n) is 13.9. The maximum atomic E-state index is 11.0. The molecule has 1 aliphatic carbocycles. The van der Waals surface area contributed by atoms with Crippen LogP contribution in [0.25, 0.3) is 0 Å². The van der Waals surface area contributed by atoms with Crippen molar-refractivity contribution in [1.29, 1.82) is 0 Å². The fourth-order valence-electron chi connectivity index (χ4n) is 3.17. The highest BCUT2D eigenvalue weighted by Gasteiger charge is 2.10. The molecule has 2 N–H and O–H groups in total. The highest BCUT2D eigenvalue weighted by molar-refractivity contribution is 5.80. The number of hydrogen-bond acceptors (Lipinski definition) is 3. The van der Waals surface area contributed by atoms with Crippen LogP contribution in [-0.2, 0) is 24.1 Å². The Morgan fingerprint density at radius 2 is 1.86 bits per heavy atom. The molecule has 3 nitrogen and oxygen atoms in total. The number of unbranched alkanes of at least 4 members (excludes halogenated alkanes) is 4. The molecule has 0 fully saturated rings. The van der Waals surface area contributed by atoms with E-state index in [0.717, 1.165) is 19.3 Å². The lowest BCUT2D eigenvalue weighted by atomic mass is 9.95. The molecular weight excluding hydrogens is 272 g/mol. The third-order valence-corrected chi connectivity index (χ3v) is 4.71. The highest BCUT2D eigenvalue weighted by Crippen LogP contribution is 2.20. The Balaban J connectivity index is 1.58. The van der Waals surface area contributed by atoms with Crippen molar-refractivity contribution in [2.75, 3.05) is 0 Å². The second-order valence-electron chi connectivity index (χ2n) is 6.64. The average molecular weight is 302 g/mol. The van der Waals surface area contributed by atoms with Crippen LogP contribution < -0.4 is 5.73 Å². The lowest BCUT2D eigenvalue weighted by Gasteiger charge is -2.15. The molecule has 0 bridgehead atoms. The lowest BCUT2D eigenvalue weighted by Crippen LogP contribution is -2.27. The summed E-state index contributed by atoms with van der Waals surface area (Å²) in [5.74, 6) is 0.110. The first kappa shape index (κ1) is 17.1. The predicted molar refractivity (Wildman–Crippen MR) is 90.9 cm³/mol. The van der Waals surface area contributed by atoms with Crippen molar-refractivity contribution >= 4 is 5.78 Å². The number of aryl methyl sites for hydroxylation is 3. The van der Waals surface area contributed by atoms with E-state index < -0.39 is 0 Å². The molecule has 0 aliphatic heterocycles. The van der Waals surface area contributed by atoms with Gasteiger partial charge in [0, 0.05) is 11.4 Å². The molecule has 1 aromatic heterocycles. The summed E-state index contributed by atoms with van der Waals surface area (Å²) in [5, 5.41) is 0. The van der Waals surface area contributed by atoms with E-state index in [1.165, 1.54) is 68.3 Å². The van der Waals surface area contributed by atoms with Gasteiger partial charge in [0.15, 0.2) is 0 Å². The van der Waals surface area contributed by atoms with Gasteiger partial charge in [-0.05, 0) is 63.5 Å². The number of aromatic nitrogens is 1. The molecule has 0 aromatic carbocycles. The minimum atomic E-state index is -0.250. The molecule has 0 radical (unpaired) electrons. The van der Waals surface area contributed by atoms with Crippen molar-refractivity contribution in [3.8, 4) is 0 Å². The summed E-state index contributed by atoms with van der Waals surface area (Å²) in [5.41, 5.74) is 9.81. The summed E-state index contributed by atoms with van der Waals surface area (Å²) in [7, 11) is 0. The summed E-state index contributed by atoms with van der Waals surface area (Å²) in [4.78, 5) is 15.9. The van der Waals surface area contributed by atoms with Gasteiger partial charge in [0.05, 0.1) is 6.04 Å². The Kier molecular flexibility index (Phi) is 7.04. The van der Waals surface area contributed by atoms with Crippen LogP contribution in [0.2, 0.25) is 0 Å². The van der Waals surface area contributed by atoms with Crippen molar-refractivity contribution in [2.24, 2.45) is 5.73 Å². The van der Waals surface area contributed by atoms with Gasteiger partial charge in [-0.1, -0.05) is 31.7 Å². The predicted octanol–water partition coefficient (Wildman–Crippen LogP) is 3.76. The van der Waals surface area contributed by atoms with Crippen molar-refractivity contribution in [1.82, 2.24) is 4.98 Å². The van der Waals surface area contributed by atoms with Crippen LogP contribution in [0.3, 0.4) is 0 Å². The van der Waals surface area contributed by atoms with Crippen LogP contribution in [-0.4, -0.2) is 16.8 Å². The molecule has 0 spiro atoms. The van der Waals surface area contributed by atoms with Gasteiger partial charge in [-0.15, -0.1) is 0 Å². The normalized spacial score (nSPS) is 15.4. The molecule has 0 saturated carbocycles. The third-order valence-electron chi connectivity index (χ3n) is 4.71. The van der Waals surface area contributed by atoms with E-state index in [1.54, 1.807) is 6.92 Å². The van der Waals surface area contributed by atoms with Gasteiger partial charge in [0.2, 0.25) is 0 Å². The first-order valence-corrected chi connectivity index (χ1v) is 8.90. The lowest BCUT2D eigenvalue weighted by molar-refractivity contribution is -0.118. The quantitative estimate of drug-likeness (QED) is 0.707. The molecule has 122 valence electrons. The molecule has 1 heterocycles. The van der Waals surface area contributed by atoms with Gasteiger partial charge >= 0.3 is 0 Å². The molecule has 1 atom stereocenters. The van der Waals surface area contributed by atoms with Crippen molar-refractivity contribution in [3.05, 3.63) is 29.1 Å². The largest absolute Gasteiger partial charge is 0.322 e. The minimum Gasteiger partial charge on any atom is -0.322 e. The van der Waals surface area contributed by atoms with Gasteiger partial charge in [-0.3, -0.25) is 9.78 Å². The molecule has 0 amide bonds. The van der Waals surface area contributed by atoms with Gasteiger partial charge < -0.3 is 5.73 Å². The molecule has 1 aromatic rings. The second kappa shape index (κ2) is 9.04. The molecule has 2 rings (SSSR count). The molecule has 0 saturated heterocycles. The smallest absolute Gasteiger partial charge is 0.146 e. The van der Waals surface area contributed by atoms with Crippen LogP contribution in [0.5, 0.6) is 0 Å². The summed E-state index contributed by atoms with van der Waals surface area (Å²) in [6.45, 7) is 1.58. The second-order valence-corrected chi connectivity index (χ2v) is 6.64. The Morgan fingerprint density at radius 3 is 2.68 bits per heavy atom. The summed E-state index contributed by atoms with van der Waals surface area (Å²) in [6, 6.07) is 4.26. The summed E-state index contributed by atoms with van der Waals surface area (Å²) < 4.78 is 0. The van der Waals surface area contributed by atoms with E-state index in [4.69, 9.17) is 10.7 Å². The number of Topliss-reactive ketones (excluding diaryl/α,β-unsaturated/α-hetero) is 1. The monoisotopic (exact) mass is 302 g/mol. The molecule has 0 unspecified atom stereocenters. The zero-order valence-corrected chi connectivity index (χ0v) is 13.9. The number of carbonyl (C=O) groups excluding carboxylic acids is 1. The van der Waals surface area contributed by atoms with Gasteiger partial charge in [-0.2, -0.15) is 0 Å². The van der Waals surface area contributed by atoms with E-state index in [-0.39, 0.29) is 11.8 Å². The van der Waals surface area contributed by atoms with Crippen LogP contribution in [0.1, 0.15) is 75.2 Å². The van der Waals surface area contributed by atoms with E-state index in [0.29, 0.717) is 0 Å². The fraction of sp³-hybridized carbons (Fsp3) is 0.684. The number of rotatable bonds is 9. The standard InChI is InChI=1S/C19H30N2O/c1-15(22)18(20)11-6-4-2-3-5-10-17-14-13-16-9-7-8-12-19(16)21-17/h13-14,18H,2-12,20H2,1H3/t18-/m0/s1. The highest BCUT2D eigenvalue weighted by atomic mass is 16.1. The summed E-state index contributed by atoms with van der Waals surface area (Å²) in [6.07, 6.45) is 12.9. The van der Waals surface area contributed by atoms with Gasteiger partial charge in [0.1, 0.15) is 5.78 Å². The fourth-order valence-corrected chi connectivity index (χ4v) is 3.17. The van der Waals surface area contributed by atoms with Crippen LogP contribution in [0.4, 0.5) is 0 Å². The average Bonchev–Trinajstić information content (AvgIpc) is 2.53. The number of carbonyl (C=O) groups is 1. The Morgan fingerprint density at radius 1 is 1.14 bits per heavy atom. The van der Waals surface area contributed by atoms with Crippen LogP contribution >= 0.6 is 0 Å². The Bertz CT molecular complexity index is 484. The molecule has 3 heteroatoms. The number of nitrogens with zero attached hydrogens (tertiary/aromatic N) is 1. The van der Waals surface area contributed by atoms with Crippen molar-refractivity contribution in [2.45, 2.75) is 83.6 Å². The number of pyridine rings is 1. The van der Waals surface area contributed by atoms with E-state index in [1.807, 2.05) is 0 Å². The Labute approximate surface area is 134 Å². The van der Waals surface area contributed by atoms with Crippen LogP contribution in [0, 0.1) is 0 Å². The Hall–Kier alpha value is -1.22. The first-order valence-electron chi connectivity index (χ1n) is 8.90. The third kappa shape index (κ3) is 5.53. The van der Waals surface area contributed by atoms with E-state index in [2.05, 4.69) is 12.1 Å². The molecular formula is C19H30N2O. The van der Waals surface area contributed by atoms with Gasteiger partial charge in [-0.25, -0.2) is 0 Å². The maximum absolute atomic E-state index is 11.0. The maximum Gasteiger partial charge on any atom is 0.146 e. The van der Waals surface area contributed by atoms with E-state index in [9.17, 15) is 4.79 Å². The van der Waals surface area contributed by atoms with Crippen molar-refractivity contribution < 1.29 is 4.79 Å². The number of hydrogen-bond donors (Lipinski definition) is 1. The first-order chi connectivity index (χ1) is 10.7. The van der Waals surface area contributed by atoms with Crippen molar-refractivity contribution in [3.63, 3.8) is 0 Å². The SMILES string of the molecule is CC(=O)[C@@H](N)CCCCCCCc1ccc2c(n1)CCCC2. The zero-order chi connectivity index (χ0) is 15.8. The molecule has 22 heavy (non-hydrogen) atoms. The summed E-state index contributed by atoms with van der Waals surface area (Å²) >= 11 is 0. The van der Waals surface area contributed by atoms with E-state index >= 15 is 0 Å². The number of fused-ring (bicyclic) bond motifs is 1. The molecule has 1 aliphatic rings. The van der Waals surface area contributed by atoms with Crippen LogP contribution in [0.15, 0.2) is 12.1 Å². The number of ketones is 1. The minimum absolute atomic E-state index is 0.110. The topological polar surface area (TPSA) is 56.0 Å². The number of nitrogens with two attached hydrogens (primary N) is 1. The van der Waals surface area contributed by atoms with Gasteiger partial charge in [0.25, 0.3) is 0 Å².